The van der Waals surface area contributed by atoms with E-state index in [1.165, 1.54) is 5.69 Å². The zero-order valence-corrected chi connectivity index (χ0v) is 16.4. The first-order valence-corrected chi connectivity index (χ1v) is 9.82. The van der Waals surface area contributed by atoms with Gasteiger partial charge in [0.25, 0.3) is 0 Å². The molecule has 3 aromatic rings. The molecular formula is C21H26N6O. The van der Waals surface area contributed by atoms with Crippen molar-refractivity contribution in [3.63, 3.8) is 0 Å². The van der Waals surface area contributed by atoms with E-state index in [-0.39, 0.29) is 6.04 Å². The van der Waals surface area contributed by atoms with Gasteiger partial charge in [0, 0.05) is 26.2 Å². The van der Waals surface area contributed by atoms with Crippen molar-refractivity contribution in [2.24, 2.45) is 0 Å². The highest BCUT2D eigenvalue weighted by Crippen LogP contribution is 2.30. The van der Waals surface area contributed by atoms with Crippen molar-refractivity contribution in [2.75, 3.05) is 37.7 Å². The molecule has 1 aliphatic rings. The molecule has 2 heterocycles. The van der Waals surface area contributed by atoms with Crippen LogP contribution in [0.1, 0.15) is 25.7 Å². The Morgan fingerprint density at radius 1 is 0.964 bits per heavy atom. The fraction of sp³-hybridized carbons (Fsp3) is 0.381. The summed E-state index contributed by atoms with van der Waals surface area (Å²) in [5.74, 6) is 1.83. The molecule has 4 rings (SSSR count). The van der Waals surface area contributed by atoms with Gasteiger partial charge in [-0.3, -0.25) is 4.90 Å². The Bertz CT molecular complexity index is 889. The molecule has 0 N–H and O–H groups in total. The van der Waals surface area contributed by atoms with Crippen LogP contribution in [0.5, 0.6) is 5.75 Å². The number of benzene rings is 2. The highest BCUT2D eigenvalue weighted by molar-refractivity contribution is 5.58. The predicted molar refractivity (Wildman–Crippen MR) is 109 cm³/mol. The Morgan fingerprint density at radius 3 is 2.43 bits per heavy atom. The molecule has 0 saturated carbocycles. The lowest BCUT2D eigenvalue weighted by molar-refractivity contribution is 0.189. The summed E-state index contributed by atoms with van der Waals surface area (Å²) < 4.78 is 7.64. The van der Waals surface area contributed by atoms with E-state index in [2.05, 4.69) is 44.4 Å². The van der Waals surface area contributed by atoms with Crippen molar-refractivity contribution in [1.29, 1.82) is 0 Å². The van der Waals surface area contributed by atoms with Crippen molar-refractivity contribution >= 4 is 5.69 Å². The molecule has 2 aromatic carbocycles. The van der Waals surface area contributed by atoms with E-state index < -0.39 is 0 Å². The Morgan fingerprint density at radius 2 is 1.68 bits per heavy atom. The molecule has 0 amide bonds. The lowest BCUT2D eigenvalue weighted by Crippen LogP contribution is -2.47. The molecular weight excluding hydrogens is 352 g/mol. The Labute approximate surface area is 165 Å². The van der Waals surface area contributed by atoms with Gasteiger partial charge in [-0.2, -0.15) is 4.68 Å². The van der Waals surface area contributed by atoms with Gasteiger partial charge in [-0.1, -0.05) is 30.3 Å². The number of anilines is 1. The molecule has 146 valence electrons. The molecule has 1 aromatic heterocycles. The minimum Gasteiger partial charge on any atom is -0.492 e. The van der Waals surface area contributed by atoms with E-state index in [9.17, 15) is 0 Å². The van der Waals surface area contributed by atoms with Gasteiger partial charge in [-0.05, 0) is 48.5 Å². The average molecular weight is 378 g/mol. The summed E-state index contributed by atoms with van der Waals surface area (Å²) in [5.41, 5.74) is 2.16. The van der Waals surface area contributed by atoms with Gasteiger partial charge in [0.1, 0.15) is 5.75 Å². The summed E-state index contributed by atoms with van der Waals surface area (Å²) in [6, 6.07) is 18.5. The highest BCUT2D eigenvalue weighted by Gasteiger charge is 2.27. The van der Waals surface area contributed by atoms with Crippen LogP contribution in [-0.2, 0) is 0 Å². The first kappa shape index (κ1) is 18.4. The number of hydrogen-bond donors (Lipinski definition) is 0. The number of ether oxygens (including phenoxy) is 1. The second-order valence-electron chi connectivity index (χ2n) is 6.88. The normalized spacial score (nSPS) is 16.1. The minimum absolute atomic E-state index is 0.138. The molecule has 7 nitrogen and oxygen atoms in total. The van der Waals surface area contributed by atoms with E-state index >= 15 is 0 Å². The van der Waals surface area contributed by atoms with Gasteiger partial charge < -0.3 is 9.64 Å². The Kier molecular flexibility index (Phi) is 5.53. The molecule has 0 radical (unpaired) electrons. The van der Waals surface area contributed by atoms with Crippen LogP contribution in [0.15, 0.2) is 54.6 Å². The van der Waals surface area contributed by atoms with E-state index in [1.807, 2.05) is 54.1 Å². The summed E-state index contributed by atoms with van der Waals surface area (Å²) >= 11 is 0. The van der Waals surface area contributed by atoms with Gasteiger partial charge in [-0.25, -0.2) is 0 Å². The van der Waals surface area contributed by atoms with E-state index in [0.717, 1.165) is 43.4 Å². The van der Waals surface area contributed by atoms with Crippen LogP contribution >= 0.6 is 0 Å². The lowest BCUT2D eigenvalue weighted by atomic mass is 10.2. The summed E-state index contributed by atoms with van der Waals surface area (Å²) in [7, 11) is 0. The van der Waals surface area contributed by atoms with Crippen LogP contribution in [0.25, 0.3) is 5.69 Å². The van der Waals surface area contributed by atoms with Crippen LogP contribution in [0.4, 0.5) is 5.69 Å². The van der Waals surface area contributed by atoms with Crippen LogP contribution in [0, 0.1) is 0 Å². The summed E-state index contributed by atoms with van der Waals surface area (Å²) in [6.07, 6.45) is 0. The third kappa shape index (κ3) is 3.71. The van der Waals surface area contributed by atoms with E-state index in [4.69, 9.17) is 4.74 Å². The monoisotopic (exact) mass is 378 g/mol. The molecule has 7 heteroatoms. The first-order valence-electron chi connectivity index (χ1n) is 9.82. The van der Waals surface area contributed by atoms with Crippen molar-refractivity contribution in [2.45, 2.75) is 19.9 Å². The maximum Gasteiger partial charge on any atom is 0.173 e. The smallest absolute Gasteiger partial charge is 0.173 e. The van der Waals surface area contributed by atoms with Crippen LogP contribution in [0.2, 0.25) is 0 Å². The van der Waals surface area contributed by atoms with Gasteiger partial charge in [0.2, 0.25) is 0 Å². The summed E-state index contributed by atoms with van der Waals surface area (Å²) in [5, 5.41) is 12.4. The van der Waals surface area contributed by atoms with E-state index in [1.54, 1.807) is 0 Å². The third-order valence-corrected chi connectivity index (χ3v) is 5.24. The molecule has 0 aliphatic carbocycles. The number of rotatable bonds is 6. The SMILES string of the molecule is CCOc1ccccc1N1CCN(C(C)c2nnnn2-c2ccccc2)CC1. The largest absolute Gasteiger partial charge is 0.492 e. The molecule has 0 spiro atoms. The highest BCUT2D eigenvalue weighted by atomic mass is 16.5. The number of nitrogens with zero attached hydrogens (tertiary/aromatic N) is 6. The van der Waals surface area contributed by atoms with Gasteiger partial charge in [0.15, 0.2) is 5.82 Å². The standard InChI is InChI=1S/C21H26N6O/c1-3-28-20-12-8-7-11-19(20)26-15-13-25(14-16-26)17(2)21-22-23-24-27(21)18-9-5-4-6-10-18/h4-12,17H,3,13-16H2,1-2H3. The van der Waals surface area contributed by atoms with Gasteiger partial charge >= 0.3 is 0 Å². The van der Waals surface area contributed by atoms with Crippen LogP contribution in [0.3, 0.4) is 0 Å². The number of piperazine rings is 1. The average Bonchev–Trinajstić information content (AvgIpc) is 3.25. The van der Waals surface area contributed by atoms with Crippen LogP contribution < -0.4 is 9.64 Å². The summed E-state index contributed by atoms with van der Waals surface area (Å²) in [4.78, 5) is 4.83. The van der Waals surface area contributed by atoms with Gasteiger partial charge in [-0.15, -0.1) is 5.10 Å². The topological polar surface area (TPSA) is 59.3 Å². The second kappa shape index (κ2) is 8.39. The van der Waals surface area contributed by atoms with Crippen molar-refractivity contribution in [3.8, 4) is 11.4 Å². The first-order chi connectivity index (χ1) is 13.8. The lowest BCUT2D eigenvalue weighted by Gasteiger charge is -2.39. The number of para-hydroxylation sites is 3. The molecule has 0 bridgehead atoms. The number of aromatic nitrogens is 4. The van der Waals surface area contributed by atoms with Crippen molar-refractivity contribution < 1.29 is 4.74 Å². The zero-order chi connectivity index (χ0) is 19.3. The maximum absolute atomic E-state index is 5.80. The number of hydrogen-bond acceptors (Lipinski definition) is 6. The van der Waals surface area contributed by atoms with Gasteiger partial charge in [0.05, 0.1) is 24.0 Å². The van der Waals surface area contributed by atoms with Crippen molar-refractivity contribution in [1.82, 2.24) is 25.1 Å². The van der Waals surface area contributed by atoms with Crippen LogP contribution in [-0.4, -0.2) is 57.9 Å². The minimum atomic E-state index is 0.138. The quantitative estimate of drug-likeness (QED) is 0.657. The predicted octanol–water partition coefficient (Wildman–Crippen LogP) is 2.94. The number of tetrazole rings is 1. The fourth-order valence-corrected chi connectivity index (χ4v) is 3.72. The fourth-order valence-electron chi connectivity index (χ4n) is 3.72. The molecule has 1 aliphatic heterocycles. The third-order valence-electron chi connectivity index (χ3n) is 5.24. The molecule has 28 heavy (non-hydrogen) atoms. The van der Waals surface area contributed by atoms with Crippen molar-refractivity contribution in [3.05, 3.63) is 60.4 Å². The zero-order valence-electron chi connectivity index (χ0n) is 16.4. The Balaban J connectivity index is 1.46. The summed E-state index contributed by atoms with van der Waals surface area (Å²) in [6.45, 7) is 8.66. The maximum atomic E-state index is 5.80. The second-order valence-corrected chi connectivity index (χ2v) is 6.88. The molecule has 1 atom stereocenters. The Hall–Kier alpha value is -2.93. The molecule has 1 saturated heterocycles. The molecule has 1 unspecified atom stereocenters. The molecule has 1 fully saturated rings. The van der Waals surface area contributed by atoms with E-state index in [0.29, 0.717) is 6.61 Å².